The van der Waals surface area contributed by atoms with Gasteiger partial charge in [0.25, 0.3) is 5.88 Å². The first-order chi connectivity index (χ1) is 15.4. The van der Waals surface area contributed by atoms with E-state index in [4.69, 9.17) is 4.74 Å². The Balaban J connectivity index is 1.89. The number of rotatable bonds is 5. The van der Waals surface area contributed by atoms with Gasteiger partial charge in [-0.2, -0.15) is 4.68 Å². The number of halogens is 1. The van der Waals surface area contributed by atoms with Crippen molar-refractivity contribution < 1.29 is 13.9 Å². The van der Waals surface area contributed by atoms with E-state index < -0.39 is 23.0 Å². The fraction of sp³-hybridized carbons (Fsp3) is 0.136. The molecule has 9 nitrogen and oxygen atoms in total. The highest BCUT2D eigenvalue weighted by molar-refractivity contribution is 5.89. The van der Waals surface area contributed by atoms with Crippen molar-refractivity contribution in [2.24, 2.45) is 0 Å². The number of methoxy groups -OCH3 is 1. The van der Waals surface area contributed by atoms with E-state index in [1.807, 2.05) is 12.1 Å². The zero-order chi connectivity index (χ0) is 22.8. The Morgan fingerprint density at radius 2 is 1.94 bits per heavy atom. The zero-order valence-corrected chi connectivity index (χ0v) is 17.2. The molecule has 1 N–H and O–H groups in total. The number of hydrogen-bond acceptors (Lipinski definition) is 6. The summed E-state index contributed by atoms with van der Waals surface area (Å²) in [4.78, 5) is 41.8. The lowest BCUT2D eigenvalue weighted by atomic mass is 10.1. The second-order valence-electron chi connectivity index (χ2n) is 6.93. The maximum absolute atomic E-state index is 14.1. The molecule has 4 rings (SSSR count). The summed E-state index contributed by atoms with van der Waals surface area (Å²) in [5, 5.41) is 7.18. The molecule has 0 radical (unpaired) electrons. The highest BCUT2D eigenvalue weighted by atomic mass is 19.1. The predicted octanol–water partition coefficient (Wildman–Crippen LogP) is 2.10. The van der Waals surface area contributed by atoms with Crippen LogP contribution in [0.15, 0.2) is 64.3 Å². The fourth-order valence-corrected chi connectivity index (χ4v) is 3.32. The topological polar surface area (TPSA) is 108 Å². The molecular weight excluding hydrogens is 417 g/mol. The summed E-state index contributed by atoms with van der Waals surface area (Å²) in [7, 11) is 1.26. The zero-order valence-electron chi connectivity index (χ0n) is 17.2. The largest absolute Gasteiger partial charge is 0.476 e. The molecule has 2 aromatic carbocycles. The number of benzene rings is 2. The van der Waals surface area contributed by atoms with Crippen LogP contribution < -0.4 is 21.3 Å². The van der Waals surface area contributed by atoms with E-state index in [1.54, 1.807) is 24.4 Å². The molecule has 0 bridgehead atoms. The molecule has 0 atom stereocenters. The van der Waals surface area contributed by atoms with E-state index in [2.05, 4.69) is 15.4 Å². The van der Waals surface area contributed by atoms with Gasteiger partial charge >= 0.3 is 11.2 Å². The summed E-state index contributed by atoms with van der Waals surface area (Å²) in [5.74, 6) is -1.48. The number of carbonyl (C=O) groups excluding carboxylic acids is 1. The monoisotopic (exact) mass is 435 g/mol. The predicted molar refractivity (Wildman–Crippen MR) is 116 cm³/mol. The third-order valence-corrected chi connectivity index (χ3v) is 4.77. The van der Waals surface area contributed by atoms with Crippen molar-refractivity contribution in [2.45, 2.75) is 13.5 Å². The number of nitrogens with one attached hydrogen (secondary N) is 1. The van der Waals surface area contributed by atoms with Crippen LogP contribution in [0.2, 0.25) is 0 Å². The molecule has 0 aliphatic heterocycles. The number of para-hydroxylation sites is 1. The first kappa shape index (κ1) is 20.9. The highest BCUT2D eigenvalue weighted by Crippen LogP contribution is 2.19. The number of aromatic nitrogens is 4. The molecule has 162 valence electrons. The summed E-state index contributed by atoms with van der Waals surface area (Å²) in [6.07, 6.45) is 1.63. The summed E-state index contributed by atoms with van der Waals surface area (Å²) < 4.78 is 21.0. The Morgan fingerprint density at radius 3 is 2.69 bits per heavy atom. The molecule has 0 saturated carbocycles. The van der Waals surface area contributed by atoms with Gasteiger partial charge < -0.3 is 10.1 Å². The SMILES string of the molecule is COc1nn(-c2ccc(F)c(NC(C)=O)c2)c(=O)n(Cc2cccc3cccnc23)c1=O. The van der Waals surface area contributed by atoms with Crippen LogP contribution in [0.1, 0.15) is 12.5 Å². The van der Waals surface area contributed by atoms with E-state index in [1.165, 1.54) is 26.2 Å². The smallest absolute Gasteiger partial charge is 0.352 e. The molecule has 0 saturated heterocycles. The van der Waals surface area contributed by atoms with Gasteiger partial charge in [-0.15, -0.1) is 5.10 Å². The number of anilines is 1. The second kappa shape index (κ2) is 8.42. The molecule has 4 aromatic rings. The van der Waals surface area contributed by atoms with E-state index in [0.29, 0.717) is 11.1 Å². The Labute approximate surface area is 180 Å². The van der Waals surface area contributed by atoms with Gasteiger partial charge in [0, 0.05) is 18.5 Å². The van der Waals surface area contributed by atoms with E-state index in [9.17, 15) is 18.8 Å². The molecule has 0 unspecified atom stereocenters. The van der Waals surface area contributed by atoms with E-state index >= 15 is 0 Å². The standard InChI is InChI=1S/C22H18FN5O4/c1-13(29)25-18-11-16(8-9-17(18)23)28-22(31)27(21(30)20(26-28)32-2)12-15-6-3-5-14-7-4-10-24-19(14)15/h3-11H,12H2,1-2H3,(H,25,29). The Bertz CT molecular complexity index is 1460. The number of pyridine rings is 1. The average molecular weight is 435 g/mol. The second-order valence-corrected chi connectivity index (χ2v) is 6.93. The van der Waals surface area contributed by atoms with Gasteiger partial charge in [0.1, 0.15) is 5.82 Å². The van der Waals surface area contributed by atoms with E-state index in [0.717, 1.165) is 20.7 Å². The van der Waals surface area contributed by atoms with Gasteiger partial charge in [0.15, 0.2) is 0 Å². The van der Waals surface area contributed by atoms with Crippen LogP contribution in [-0.2, 0) is 11.3 Å². The van der Waals surface area contributed by atoms with Crippen molar-refractivity contribution in [3.63, 3.8) is 0 Å². The molecule has 1 amide bonds. The summed E-state index contributed by atoms with van der Waals surface area (Å²) in [6.45, 7) is 1.16. The number of amides is 1. The minimum Gasteiger partial charge on any atom is -0.476 e. The third kappa shape index (κ3) is 3.85. The molecule has 0 aliphatic rings. The number of ether oxygens (including phenoxy) is 1. The van der Waals surface area contributed by atoms with Crippen LogP contribution in [0.3, 0.4) is 0 Å². The van der Waals surface area contributed by atoms with Gasteiger partial charge in [0.05, 0.1) is 30.5 Å². The van der Waals surface area contributed by atoms with Crippen molar-refractivity contribution >= 4 is 22.5 Å². The number of nitrogens with zero attached hydrogens (tertiary/aromatic N) is 4. The van der Waals surface area contributed by atoms with Gasteiger partial charge in [-0.25, -0.2) is 13.8 Å². The average Bonchev–Trinajstić information content (AvgIpc) is 2.78. The molecule has 2 aromatic heterocycles. The number of fused-ring (bicyclic) bond motifs is 1. The third-order valence-electron chi connectivity index (χ3n) is 4.77. The molecule has 0 fully saturated rings. The van der Waals surface area contributed by atoms with Crippen LogP contribution in [0, 0.1) is 5.82 Å². The lowest BCUT2D eigenvalue weighted by molar-refractivity contribution is -0.114. The van der Waals surface area contributed by atoms with Crippen molar-refractivity contribution in [3.8, 4) is 11.6 Å². The Hall–Kier alpha value is -4.34. The van der Waals surface area contributed by atoms with Gasteiger partial charge in [-0.05, 0) is 29.8 Å². The Kier molecular flexibility index (Phi) is 5.50. The molecule has 2 heterocycles. The molecule has 10 heteroatoms. The summed E-state index contributed by atoms with van der Waals surface area (Å²) in [5.41, 5.74) is -0.157. The lowest BCUT2D eigenvalue weighted by Gasteiger charge is -2.13. The Morgan fingerprint density at radius 1 is 1.16 bits per heavy atom. The highest BCUT2D eigenvalue weighted by Gasteiger charge is 2.17. The lowest BCUT2D eigenvalue weighted by Crippen LogP contribution is -2.41. The van der Waals surface area contributed by atoms with Crippen LogP contribution >= 0.6 is 0 Å². The maximum Gasteiger partial charge on any atom is 0.352 e. The van der Waals surface area contributed by atoms with Crippen LogP contribution in [-0.4, -0.2) is 32.3 Å². The van der Waals surface area contributed by atoms with Gasteiger partial charge in [-0.1, -0.05) is 24.3 Å². The minimum atomic E-state index is -0.760. The van der Waals surface area contributed by atoms with Crippen molar-refractivity contribution in [3.05, 3.63) is 86.9 Å². The quantitative estimate of drug-likeness (QED) is 0.514. The molecule has 0 spiro atoms. The van der Waals surface area contributed by atoms with Crippen molar-refractivity contribution in [2.75, 3.05) is 12.4 Å². The van der Waals surface area contributed by atoms with E-state index in [-0.39, 0.29) is 23.8 Å². The number of hydrogen-bond donors (Lipinski definition) is 1. The summed E-state index contributed by atoms with van der Waals surface area (Å²) in [6, 6.07) is 12.8. The maximum atomic E-state index is 14.1. The normalized spacial score (nSPS) is 10.8. The number of carbonyl (C=O) groups is 1. The molecular formula is C22H18FN5O4. The molecule has 0 aliphatic carbocycles. The first-order valence-electron chi connectivity index (χ1n) is 9.57. The summed E-state index contributed by atoms with van der Waals surface area (Å²) >= 11 is 0. The minimum absolute atomic E-state index is 0.0787. The van der Waals surface area contributed by atoms with Crippen LogP contribution in [0.25, 0.3) is 16.6 Å². The first-order valence-corrected chi connectivity index (χ1v) is 9.57. The molecule has 32 heavy (non-hydrogen) atoms. The van der Waals surface area contributed by atoms with Crippen LogP contribution in [0.4, 0.5) is 10.1 Å². The van der Waals surface area contributed by atoms with Gasteiger partial charge in [-0.3, -0.25) is 14.6 Å². The van der Waals surface area contributed by atoms with Crippen molar-refractivity contribution in [1.29, 1.82) is 0 Å². The fourth-order valence-electron chi connectivity index (χ4n) is 3.32. The van der Waals surface area contributed by atoms with Crippen LogP contribution in [0.5, 0.6) is 5.88 Å². The van der Waals surface area contributed by atoms with Gasteiger partial charge in [0.2, 0.25) is 5.91 Å². The van der Waals surface area contributed by atoms with Crippen molar-refractivity contribution in [1.82, 2.24) is 19.3 Å².